The van der Waals surface area contributed by atoms with E-state index in [4.69, 9.17) is 0 Å². The van der Waals surface area contributed by atoms with E-state index in [9.17, 15) is 13.9 Å². The van der Waals surface area contributed by atoms with Gasteiger partial charge in [-0.15, -0.1) is 0 Å². The highest BCUT2D eigenvalue weighted by molar-refractivity contribution is 5.24. The summed E-state index contributed by atoms with van der Waals surface area (Å²) >= 11 is 0. The van der Waals surface area contributed by atoms with Crippen molar-refractivity contribution < 1.29 is 13.9 Å². The number of alkyl halides is 2. The van der Waals surface area contributed by atoms with Crippen LogP contribution in [0.1, 0.15) is 30.6 Å². The molecule has 1 aromatic rings. The molecular weight excluding hydrogens is 186 g/mol. The summed E-state index contributed by atoms with van der Waals surface area (Å²) < 4.78 is 23.9. The largest absolute Gasteiger partial charge is 0.388 e. The van der Waals surface area contributed by atoms with Gasteiger partial charge < -0.3 is 5.11 Å². The zero-order valence-corrected chi connectivity index (χ0v) is 8.08. The minimum Gasteiger partial charge on any atom is -0.388 e. The van der Waals surface area contributed by atoms with Crippen molar-refractivity contribution >= 4 is 0 Å². The molecule has 0 radical (unpaired) electrons. The Hall–Kier alpha value is -0.960. The van der Waals surface area contributed by atoms with Crippen molar-refractivity contribution in [3.05, 3.63) is 35.4 Å². The molecule has 1 aromatic carbocycles. The monoisotopic (exact) mass is 200 g/mol. The van der Waals surface area contributed by atoms with Crippen molar-refractivity contribution in [1.82, 2.24) is 0 Å². The highest BCUT2D eigenvalue weighted by Crippen LogP contribution is 2.20. The zero-order valence-electron chi connectivity index (χ0n) is 8.08. The van der Waals surface area contributed by atoms with E-state index < -0.39 is 19.0 Å². The van der Waals surface area contributed by atoms with Gasteiger partial charge in [0, 0.05) is 6.42 Å². The van der Waals surface area contributed by atoms with Gasteiger partial charge in [0.15, 0.2) is 0 Å². The molecule has 0 aliphatic rings. The third-order valence-electron chi connectivity index (χ3n) is 2.17. The summed E-state index contributed by atoms with van der Waals surface area (Å²) in [4.78, 5) is 0. The summed E-state index contributed by atoms with van der Waals surface area (Å²) in [5.41, 5.74) is 1.69. The molecular formula is C11H14F2O. The standard InChI is InChI=1S/C11H14F2O/c1-2-8-3-5-9(6-4-8)10(14)7-11(12)13/h3-6,10-11,14H,2,7H2,1H3. The number of rotatable bonds is 4. The summed E-state index contributed by atoms with van der Waals surface area (Å²) in [6, 6.07) is 7.10. The second kappa shape index (κ2) is 5.05. The van der Waals surface area contributed by atoms with E-state index in [0.717, 1.165) is 12.0 Å². The smallest absolute Gasteiger partial charge is 0.241 e. The molecule has 0 heterocycles. The Labute approximate surface area is 82.4 Å². The van der Waals surface area contributed by atoms with Gasteiger partial charge in [0.2, 0.25) is 6.43 Å². The fraction of sp³-hybridized carbons (Fsp3) is 0.455. The number of aliphatic hydroxyl groups excluding tert-OH is 1. The molecule has 78 valence electrons. The van der Waals surface area contributed by atoms with Crippen molar-refractivity contribution in [2.24, 2.45) is 0 Å². The van der Waals surface area contributed by atoms with E-state index in [0.29, 0.717) is 5.56 Å². The Kier molecular flexibility index (Phi) is 4.01. The van der Waals surface area contributed by atoms with Crippen LogP contribution in [-0.2, 0) is 6.42 Å². The Morgan fingerprint density at radius 1 is 1.21 bits per heavy atom. The zero-order chi connectivity index (χ0) is 10.6. The number of hydrogen-bond donors (Lipinski definition) is 1. The minimum atomic E-state index is -2.46. The van der Waals surface area contributed by atoms with E-state index in [1.54, 1.807) is 12.1 Å². The maximum Gasteiger partial charge on any atom is 0.241 e. The molecule has 0 spiro atoms. The van der Waals surface area contributed by atoms with Crippen LogP contribution >= 0.6 is 0 Å². The van der Waals surface area contributed by atoms with Crippen LogP contribution in [0.5, 0.6) is 0 Å². The Bertz CT molecular complexity index is 269. The predicted molar refractivity (Wildman–Crippen MR) is 51.4 cm³/mol. The van der Waals surface area contributed by atoms with Crippen LogP contribution in [0.15, 0.2) is 24.3 Å². The molecule has 0 aliphatic heterocycles. The molecule has 1 rings (SSSR count). The predicted octanol–water partition coefficient (Wildman–Crippen LogP) is 2.94. The lowest BCUT2D eigenvalue weighted by molar-refractivity contribution is 0.0611. The van der Waals surface area contributed by atoms with Crippen LogP contribution in [0, 0.1) is 0 Å². The summed E-state index contributed by atoms with van der Waals surface area (Å²) in [7, 11) is 0. The van der Waals surface area contributed by atoms with Gasteiger partial charge in [0.25, 0.3) is 0 Å². The lowest BCUT2D eigenvalue weighted by Gasteiger charge is -2.10. The number of aryl methyl sites for hydroxylation is 1. The van der Waals surface area contributed by atoms with Crippen molar-refractivity contribution in [1.29, 1.82) is 0 Å². The van der Waals surface area contributed by atoms with Crippen LogP contribution in [0.4, 0.5) is 8.78 Å². The summed E-state index contributed by atoms with van der Waals surface area (Å²) in [5, 5.41) is 9.37. The lowest BCUT2D eigenvalue weighted by atomic mass is 10.0. The van der Waals surface area contributed by atoms with Crippen LogP contribution in [0.25, 0.3) is 0 Å². The molecule has 0 aromatic heterocycles. The van der Waals surface area contributed by atoms with Gasteiger partial charge in [0.05, 0.1) is 6.10 Å². The average Bonchev–Trinajstić information content (AvgIpc) is 2.17. The van der Waals surface area contributed by atoms with Gasteiger partial charge in [-0.05, 0) is 17.5 Å². The lowest BCUT2D eigenvalue weighted by Crippen LogP contribution is -2.03. The van der Waals surface area contributed by atoms with Crippen LogP contribution in [0.3, 0.4) is 0 Å². The molecule has 0 aliphatic carbocycles. The second-order valence-corrected chi connectivity index (χ2v) is 3.24. The molecule has 0 saturated heterocycles. The average molecular weight is 200 g/mol. The topological polar surface area (TPSA) is 20.2 Å². The molecule has 1 N–H and O–H groups in total. The number of hydrogen-bond acceptors (Lipinski definition) is 1. The van der Waals surface area contributed by atoms with Crippen molar-refractivity contribution in [2.75, 3.05) is 0 Å². The van der Waals surface area contributed by atoms with Crippen LogP contribution in [-0.4, -0.2) is 11.5 Å². The first-order valence-electron chi connectivity index (χ1n) is 4.68. The fourth-order valence-corrected chi connectivity index (χ4v) is 1.28. The van der Waals surface area contributed by atoms with E-state index in [-0.39, 0.29) is 0 Å². The Morgan fingerprint density at radius 2 is 1.79 bits per heavy atom. The molecule has 1 unspecified atom stereocenters. The summed E-state index contributed by atoms with van der Waals surface area (Å²) in [6.45, 7) is 2.02. The summed E-state index contributed by atoms with van der Waals surface area (Å²) in [5.74, 6) is 0. The quantitative estimate of drug-likeness (QED) is 0.792. The van der Waals surface area contributed by atoms with Crippen LogP contribution < -0.4 is 0 Å². The van der Waals surface area contributed by atoms with E-state index >= 15 is 0 Å². The number of aliphatic hydroxyl groups is 1. The highest BCUT2D eigenvalue weighted by atomic mass is 19.3. The van der Waals surface area contributed by atoms with Gasteiger partial charge in [-0.2, -0.15) is 0 Å². The van der Waals surface area contributed by atoms with Gasteiger partial charge in [-0.1, -0.05) is 31.2 Å². The van der Waals surface area contributed by atoms with Crippen molar-refractivity contribution in [3.63, 3.8) is 0 Å². The van der Waals surface area contributed by atoms with E-state index in [2.05, 4.69) is 0 Å². The molecule has 1 nitrogen and oxygen atoms in total. The first-order chi connectivity index (χ1) is 6.63. The molecule has 0 bridgehead atoms. The normalized spacial score (nSPS) is 13.2. The van der Waals surface area contributed by atoms with Gasteiger partial charge >= 0.3 is 0 Å². The first-order valence-corrected chi connectivity index (χ1v) is 4.68. The Balaban J connectivity index is 2.66. The molecule has 0 fully saturated rings. The third-order valence-corrected chi connectivity index (χ3v) is 2.17. The molecule has 0 saturated carbocycles. The van der Waals surface area contributed by atoms with E-state index in [1.165, 1.54) is 0 Å². The van der Waals surface area contributed by atoms with Crippen molar-refractivity contribution in [3.8, 4) is 0 Å². The number of halogens is 2. The minimum absolute atomic E-state index is 0.495. The van der Waals surface area contributed by atoms with Gasteiger partial charge in [-0.25, -0.2) is 8.78 Å². The summed E-state index contributed by atoms with van der Waals surface area (Å²) in [6.07, 6.45) is -3.10. The Morgan fingerprint density at radius 3 is 2.21 bits per heavy atom. The van der Waals surface area contributed by atoms with Gasteiger partial charge in [0.1, 0.15) is 0 Å². The maximum absolute atomic E-state index is 12.0. The molecule has 3 heteroatoms. The molecule has 14 heavy (non-hydrogen) atoms. The first kappa shape index (κ1) is 11.1. The maximum atomic E-state index is 12.0. The molecule has 1 atom stereocenters. The van der Waals surface area contributed by atoms with Gasteiger partial charge in [-0.3, -0.25) is 0 Å². The molecule has 0 amide bonds. The highest BCUT2D eigenvalue weighted by Gasteiger charge is 2.13. The van der Waals surface area contributed by atoms with Crippen molar-refractivity contribution in [2.45, 2.75) is 32.3 Å². The number of benzene rings is 1. The third kappa shape index (κ3) is 3.07. The van der Waals surface area contributed by atoms with Crippen LogP contribution in [0.2, 0.25) is 0 Å². The fourth-order valence-electron chi connectivity index (χ4n) is 1.28. The SMILES string of the molecule is CCc1ccc(C(O)CC(F)F)cc1. The van der Waals surface area contributed by atoms with E-state index in [1.807, 2.05) is 19.1 Å². The second-order valence-electron chi connectivity index (χ2n) is 3.24.